The van der Waals surface area contributed by atoms with Crippen LogP contribution in [0.2, 0.25) is 0 Å². The van der Waals surface area contributed by atoms with Crippen molar-refractivity contribution in [1.82, 2.24) is 0 Å². The van der Waals surface area contributed by atoms with Crippen molar-refractivity contribution in [3.8, 4) is 0 Å². The molecule has 1 aliphatic heterocycles. The van der Waals surface area contributed by atoms with Gasteiger partial charge < -0.3 is 10.0 Å². The van der Waals surface area contributed by atoms with Crippen LogP contribution in [-0.2, 0) is 0 Å². The van der Waals surface area contributed by atoms with Gasteiger partial charge in [0.25, 0.3) is 0 Å². The lowest BCUT2D eigenvalue weighted by atomic mass is 10.1. The molecule has 0 saturated carbocycles. The number of aliphatic hydroxyl groups excluding tert-OH is 1. The third kappa shape index (κ3) is 5.75. The first kappa shape index (κ1) is 18.7. The molecular formula is C22H27N2O+. The van der Waals surface area contributed by atoms with Crippen molar-refractivity contribution in [1.29, 1.82) is 0 Å². The minimum Gasteiger partial charge on any atom is -0.390 e. The summed E-state index contributed by atoms with van der Waals surface area (Å²) >= 11 is 0. The lowest BCUT2D eigenvalue weighted by molar-refractivity contribution is -0.788. The van der Waals surface area contributed by atoms with Gasteiger partial charge in [-0.3, -0.25) is 4.90 Å². The third-order valence-corrected chi connectivity index (χ3v) is 4.06. The second-order valence-corrected chi connectivity index (χ2v) is 5.99. The van der Waals surface area contributed by atoms with Gasteiger partial charge in [0.2, 0.25) is 0 Å². The van der Waals surface area contributed by atoms with Gasteiger partial charge in [0.15, 0.2) is 0 Å². The normalized spacial score (nSPS) is 17.0. The molecule has 1 atom stereocenters. The predicted octanol–water partition coefficient (Wildman–Crippen LogP) is 2.72. The van der Waals surface area contributed by atoms with Gasteiger partial charge in [-0.15, -0.1) is 0 Å². The van der Waals surface area contributed by atoms with Gasteiger partial charge in [0.1, 0.15) is 12.7 Å². The van der Waals surface area contributed by atoms with Crippen LogP contribution in [0.4, 0.5) is 5.69 Å². The molecule has 1 heterocycles. The fourth-order valence-corrected chi connectivity index (χ4v) is 2.64. The predicted molar refractivity (Wildman–Crippen MR) is 107 cm³/mol. The van der Waals surface area contributed by atoms with Crippen LogP contribution in [0.25, 0.3) is 6.08 Å². The van der Waals surface area contributed by atoms with Gasteiger partial charge in [0, 0.05) is 30.9 Å². The maximum Gasteiger partial charge on any atom is 0.109 e. The number of allylic oxidation sites excluding steroid dienone is 5. The van der Waals surface area contributed by atoms with Crippen molar-refractivity contribution in [2.45, 2.75) is 0 Å². The maximum atomic E-state index is 8.97. The van der Waals surface area contributed by atoms with E-state index in [2.05, 4.69) is 80.0 Å². The van der Waals surface area contributed by atoms with Crippen LogP contribution in [0.5, 0.6) is 0 Å². The fraction of sp³-hybridized carbons (Fsp3) is 0.182. The summed E-state index contributed by atoms with van der Waals surface area (Å²) in [5.74, 6) is 0. The summed E-state index contributed by atoms with van der Waals surface area (Å²) < 4.78 is 0. The molecule has 0 fully saturated rings. The number of nitrogens with zero attached hydrogens (tertiary/aromatic N) is 1. The molecule has 0 radical (unpaired) electrons. The second kappa shape index (κ2) is 9.62. The minimum atomic E-state index is 0.192. The monoisotopic (exact) mass is 335 g/mol. The molecule has 0 aliphatic carbocycles. The van der Waals surface area contributed by atoms with E-state index in [0.717, 1.165) is 28.9 Å². The van der Waals surface area contributed by atoms with E-state index < -0.39 is 0 Å². The Bertz CT molecular complexity index is 708. The Hall–Kier alpha value is -2.62. The Morgan fingerprint density at radius 2 is 1.96 bits per heavy atom. The van der Waals surface area contributed by atoms with E-state index in [0.29, 0.717) is 6.54 Å². The number of nitrogens with one attached hydrogen (secondary N) is 1. The molecule has 0 bridgehead atoms. The minimum absolute atomic E-state index is 0.192. The zero-order valence-electron chi connectivity index (χ0n) is 14.9. The summed E-state index contributed by atoms with van der Waals surface area (Å²) in [6.45, 7) is 9.28. The van der Waals surface area contributed by atoms with E-state index >= 15 is 0 Å². The summed E-state index contributed by atoms with van der Waals surface area (Å²) in [6.07, 6.45) is 16.1. The highest BCUT2D eigenvalue weighted by Crippen LogP contribution is 2.17. The van der Waals surface area contributed by atoms with Crippen LogP contribution in [0, 0.1) is 0 Å². The molecule has 1 aromatic carbocycles. The highest BCUT2D eigenvalue weighted by molar-refractivity contribution is 5.59. The second-order valence-electron chi connectivity index (χ2n) is 5.99. The molecule has 1 aromatic rings. The largest absolute Gasteiger partial charge is 0.390 e. The quantitative estimate of drug-likeness (QED) is 0.679. The number of hydrogen-bond acceptors (Lipinski definition) is 2. The first-order chi connectivity index (χ1) is 12.2. The van der Waals surface area contributed by atoms with Gasteiger partial charge in [-0.25, -0.2) is 0 Å². The molecule has 1 unspecified atom stereocenters. The zero-order chi connectivity index (χ0) is 18.1. The highest BCUT2D eigenvalue weighted by atomic mass is 16.3. The molecule has 0 aromatic heterocycles. The van der Waals surface area contributed by atoms with Crippen molar-refractivity contribution in [3.63, 3.8) is 0 Å². The van der Waals surface area contributed by atoms with Crippen LogP contribution in [-0.4, -0.2) is 31.9 Å². The third-order valence-electron chi connectivity index (χ3n) is 4.06. The van der Waals surface area contributed by atoms with Crippen LogP contribution in [0.3, 0.4) is 0 Å². The molecule has 3 heteroatoms. The van der Waals surface area contributed by atoms with E-state index in [9.17, 15) is 0 Å². The van der Waals surface area contributed by atoms with Gasteiger partial charge in [0.05, 0.1) is 12.8 Å². The first-order valence-electron chi connectivity index (χ1n) is 8.46. The molecule has 0 spiro atoms. The molecular weight excluding hydrogens is 308 g/mol. The van der Waals surface area contributed by atoms with Crippen LogP contribution in [0.1, 0.15) is 5.56 Å². The zero-order valence-corrected chi connectivity index (χ0v) is 14.9. The molecule has 0 amide bonds. The molecule has 2 rings (SSSR count). The molecule has 1 aliphatic rings. The van der Waals surface area contributed by atoms with Gasteiger partial charge in [-0.1, -0.05) is 49.6 Å². The Morgan fingerprint density at radius 3 is 2.60 bits per heavy atom. The molecule has 2 N–H and O–H groups in total. The van der Waals surface area contributed by atoms with E-state index in [1.54, 1.807) is 6.08 Å². The van der Waals surface area contributed by atoms with Gasteiger partial charge in [-0.05, 0) is 29.3 Å². The molecule has 3 nitrogen and oxygen atoms in total. The van der Waals surface area contributed by atoms with Crippen molar-refractivity contribution in [2.75, 3.05) is 31.6 Å². The number of quaternary nitrogens is 1. The smallest absolute Gasteiger partial charge is 0.109 e. The molecule has 25 heavy (non-hydrogen) atoms. The lowest BCUT2D eigenvalue weighted by Gasteiger charge is -2.20. The first-order valence-corrected chi connectivity index (χ1v) is 8.46. The Kier molecular flexibility index (Phi) is 7.20. The van der Waals surface area contributed by atoms with Gasteiger partial charge >= 0.3 is 0 Å². The van der Waals surface area contributed by atoms with E-state index in [4.69, 9.17) is 5.11 Å². The van der Waals surface area contributed by atoms with Crippen LogP contribution < -0.4 is 9.80 Å². The summed E-state index contributed by atoms with van der Waals surface area (Å²) in [5, 5.41) is 8.97. The van der Waals surface area contributed by atoms with Crippen molar-refractivity contribution in [3.05, 3.63) is 96.9 Å². The number of benzene rings is 1. The molecule has 130 valence electrons. The average Bonchev–Trinajstić information content (AvgIpc) is 3.08. The average molecular weight is 335 g/mol. The van der Waals surface area contributed by atoms with Crippen LogP contribution >= 0.6 is 0 Å². The van der Waals surface area contributed by atoms with Crippen molar-refractivity contribution in [2.24, 2.45) is 0 Å². The molecule has 0 saturated heterocycles. The summed E-state index contributed by atoms with van der Waals surface area (Å²) in [6, 6.07) is 8.47. The summed E-state index contributed by atoms with van der Waals surface area (Å²) in [4.78, 5) is 3.35. The van der Waals surface area contributed by atoms with Crippen molar-refractivity contribution < 1.29 is 10.0 Å². The maximum absolute atomic E-state index is 8.97. The summed E-state index contributed by atoms with van der Waals surface area (Å²) in [5.41, 5.74) is 4.62. The van der Waals surface area contributed by atoms with Gasteiger partial charge in [-0.2, -0.15) is 0 Å². The van der Waals surface area contributed by atoms with E-state index in [1.807, 2.05) is 12.2 Å². The Balaban J connectivity index is 1.98. The topological polar surface area (TPSA) is 27.9 Å². The van der Waals surface area contributed by atoms with E-state index in [-0.39, 0.29) is 6.61 Å². The van der Waals surface area contributed by atoms with E-state index in [1.165, 1.54) is 4.90 Å². The fourth-order valence-electron chi connectivity index (χ4n) is 2.64. The Morgan fingerprint density at radius 1 is 1.20 bits per heavy atom. The number of likely N-dealkylation sites (N-methyl/N-ethyl adjacent to an activating group) is 1. The van der Waals surface area contributed by atoms with Crippen molar-refractivity contribution >= 4 is 11.8 Å². The lowest BCUT2D eigenvalue weighted by Crippen LogP contribution is -3.02. The van der Waals surface area contributed by atoms with Crippen LogP contribution in [0.15, 0.2) is 91.3 Å². The highest BCUT2D eigenvalue weighted by Gasteiger charge is 2.08. The number of aliphatic hydroxyl groups is 1. The standard InChI is InChI=1S/C22H26N2O/c1-4-6-19(5-2)17-23(3)22-11-9-20(10-12-22)7-8-21-13-14-24(18-21)15-16-25/h4-14,18,25H,1-2,15-17H2,3H3/p+1/b8-7+,19-6+. The number of hydrogen-bond donors (Lipinski definition) is 2. The number of rotatable bonds is 9. The SMILES string of the molecule is C=C/C=C(\C=C)CN(C)c1ccc(/C=C/C2=C[NH+](CCO)C=C2)cc1. The summed E-state index contributed by atoms with van der Waals surface area (Å²) in [7, 11) is 2.07. The Labute approximate surface area is 150 Å². The number of anilines is 1.